The molecule has 0 bridgehead atoms. The zero-order valence-electron chi connectivity index (χ0n) is 35.3. The van der Waals surface area contributed by atoms with Crippen LogP contribution < -0.4 is 5.32 Å². The Kier molecular flexibility index (Phi) is 12.1. The lowest BCUT2D eigenvalue weighted by Gasteiger charge is -2.63. The summed E-state index contributed by atoms with van der Waals surface area (Å²) in [4.78, 5) is 54.6. The van der Waals surface area contributed by atoms with Crippen LogP contribution >= 0.6 is 0 Å². The average Bonchev–Trinajstić information content (AvgIpc) is 3.37. The van der Waals surface area contributed by atoms with E-state index in [9.17, 15) is 29.4 Å². The van der Waals surface area contributed by atoms with Gasteiger partial charge in [-0.15, -0.1) is 0 Å². The number of fused-ring (bicyclic) bond motifs is 3. The van der Waals surface area contributed by atoms with Gasteiger partial charge in [-0.2, -0.15) is 0 Å². The van der Waals surface area contributed by atoms with Crippen molar-refractivity contribution in [3.05, 3.63) is 59.7 Å². The van der Waals surface area contributed by atoms with Crippen molar-refractivity contribution in [3.8, 4) is 0 Å². The Labute approximate surface area is 340 Å². The number of amides is 1. The Morgan fingerprint density at radius 1 is 1.05 bits per heavy atom. The topological polar surface area (TPSA) is 185 Å². The highest BCUT2D eigenvalue weighted by Gasteiger charge is 2.76. The normalized spacial score (nSPS) is 35.2. The van der Waals surface area contributed by atoms with Crippen LogP contribution in [-0.2, 0) is 42.7 Å². The zero-order chi connectivity index (χ0) is 42.7. The number of hydrogen-bond donors (Lipinski definition) is 3. The van der Waals surface area contributed by atoms with Crippen molar-refractivity contribution in [3.63, 3.8) is 0 Å². The van der Waals surface area contributed by atoms with Gasteiger partial charge in [-0.3, -0.25) is 4.79 Å². The van der Waals surface area contributed by atoms with Crippen LogP contribution in [0, 0.1) is 28.6 Å². The van der Waals surface area contributed by atoms with Crippen LogP contribution in [0.5, 0.6) is 0 Å². The highest BCUT2D eigenvalue weighted by molar-refractivity contribution is 5.89. The highest BCUT2D eigenvalue weighted by atomic mass is 16.7. The van der Waals surface area contributed by atoms with E-state index in [4.69, 9.17) is 33.2 Å². The standard InChI is InChI=1S/C44H61NO13/c1-12-31-55-30-19-28-26(21-52-28)33-36(57-38(48)25-16-14-13-15-17-25)44(42(9,10)51)20-29(23(4)32(44)35(53-24(5)46)37(56-31)43(30,33)11)54-39(49)34(47)27(18-22(2)3)45-40(50)58-41(6,7)8/h12-17,22,26-31,33-37,47,51H,1,18-21H2,2-11H3,(H,45,50)/t26-,27+,28-,29+,30+,31-,33+,34-,35+,36+,37+,43-,44?/m1/s1. The van der Waals surface area contributed by atoms with Gasteiger partial charge in [-0.1, -0.05) is 45.5 Å². The highest BCUT2D eigenvalue weighted by Crippen LogP contribution is 2.68. The first-order valence-electron chi connectivity index (χ1n) is 20.3. The Morgan fingerprint density at radius 3 is 2.28 bits per heavy atom. The number of ether oxygens (including phenoxy) is 7. The van der Waals surface area contributed by atoms with Crippen LogP contribution in [-0.4, -0.2) is 107 Å². The molecule has 13 atom stereocenters. The Balaban J connectivity index is 1.51. The van der Waals surface area contributed by atoms with Gasteiger partial charge in [0.15, 0.2) is 18.5 Å². The third kappa shape index (κ3) is 7.82. The van der Waals surface area contributed by atoms with Crippen molar-refractivity contribution in [1.82, 2.24) is 5.32 Å². The molecular weight excluding hydrogens is 750 g/mol. The fourth-order valence-corrected chi connectivity index (χ4v) is 10.4. The lowest BCUT2D eigenvalue weighted by Crippen LogP contribution is -2.71. The van der Waals surface area contributed by atoms with Crippen molar-refractivity contribution >= 4 is 24.0 Å². The minimum Gasteiger partial charge on any atom is -0.457 e. The van der Waals surface area contributed by atoms with E-state index in [0.29, 0.717) is 24.2 Å². The van der Waals surface area contributed by atoms with Crippen LogP contribution in [0.1, 0.15) is 98.9 Å². The molecule has 4 fully saturated rings. The molecule has 2 aliphatic heterocycles. The summed E-state index contributed by atoms with van der Waals surface area (Å²) in [6, 6.07) is 7.46. The van der Waals surface area contributed by atoms with E-state index >= 15 is 0 Å². The number of aliphatic hydroxyl groups is 2. The summed E-state index contributed by atoms with van der Waals surface area (Å²) in [6.07, 6.45) is -6.56. The molecule has 320 valence electrons. The van der Waals surface area contributed by atoms with Crippen LogP contribution in [0.25, 0.3) is 0 Å². The van der Waals surface area contributed by atoms with E-state index in [1.165, 1.54) is 13.0 Å². The van der Waals surface area contributed by atoms with Gasteiger partial charge in [0.1, 0.15) is 23.9 Å². The molecule has 14 heteroatoms. The Morgan fingerprint density at radius 2 is 1.72 bits per heavy atom. The summed E-state index contributed by atoms with van der Waals surface area (Å²) in [5, 5.41) is 26.9. The lowest BCUT2D eigenvalue weighted by molar-refractivity contribution is -0.354. The molecule has 1 aromatic carbocycles. The Bertz CT molecular complexity index is 1780. The second-order valence-corrected chi connectivity index (χ2v) is 18.8. The second-order valence-electron chi connectivity index (χ2n) is 18.8. The van der Waals surface area contributed by atoms with Crippen molar-refractivity contribution < 1.29 is 62.5 Å². The number of hydrogen-bond acceptors (Lipinski definition) is 13. The molecular formula is C44H61NO13. The molecule has 5 aliphatic rings. The minimum atomic E-state index is -1.81. The molecule has 1 unspecified atom stereocenters. The number of esters is 3. The van der Waals surface area contributed by atoms with Gasteiger partial charge in [0, 0.05) is 37.0 Å². The maximum absolute atomic E-state index is 14.4. The van der Waals surface area contributed by atoms with Crippen LogP contribution in [0.2, 0.25) is 0 Å². The molecule has 0 spiro atoms. The maximum atomic E-state index is 14.4. The molecule has 6 rings (SSSR count). The predicted octanol–water partition coefficient (Wildman–Crippen LogP) is 5.18. The summed E-state index contributed by atoms with van der Waals surface area (Å²) in [5.41, 5.74) is -4.03. The summed E-state index contributed by atoms with van der Waals surface area (Å²) in [5.74, 6) is -3.13. The first kappa shape index (κ1) is 43.8. The van der Waals surface area contributed by atoms with Crippen LogP contribution in [0.3, 0.4) is 0 Å². The fourth-order valence-electron chi connectivity index (χ4n) is 10.4. The van der Waals surface area contributed by atoms with E-state index in [0.717, 1.165) is 0 Å². The smallest absolute Gasteiger partial charge is 0.407 e. The van der Waals surface area contributed by atoms with E-state index in [1.54, 1.807) is 71.9 Å². The van der Waals surface area contributed by atoms with E-state index in [-0.39, 0.29) is 36.3 Å². The molecule has 58 heavy (non-hydrogen) atoms. The number of nitrogens with one attached hydrogen (secondary N) is 1. The number of carbonyl (C=O) groups excluding carboxylic acids is 4. The molecule has 2 heterocycles. The quantitative estimate of drug-likeness (QED) is 0.151. The fraction of sp³-hybridized carbons (Fsp3) is 0.682. The van der Waals surface area contributed by atoms with Gasteiger partial charge in [0.05, 0.1) is 41.4 Å². The molecule has 2 saturated carbocycles. The van der Waals surface area contributed by atoms with Gasteiger partial charge in [0.25, 0.3) is 0 Å². The molecule has 3 aliphatic carbocycles. The van der Waals surface area contributed by atoms with Crippen molar-refractivity contribution in [2.24, 2.45) is 28.6 Å². The molecule has 0 radical (unpaired) electrons. The van der Waals surface area contributed by atoms with E-state index < -0.39 is 101 Å². The first-order valence-corrected chi connectivity index (χ1v) is 20.3. The predicted molar refractivity (Wildman–Crippen MR) is 209 cm³/mol. The number of benzene rings is 1. The molecule has 1 aromatic rings. The van der Waals surface area contributed by atoms with E-state index in [2.05, 4.69) is 11.9 Å². The minimum absolute atomic E-state index is 0.0425. The van der Waals surface area contributed by atoms with Gasteiger partial charge < -0.3 is 48.7 Å². The second kappa shape index (κ2) is 16.0. The third-order valence-corrected chi connectivity index (χ3v) is 12.9. The first-order chi connectivity index (χ1) is 27.0. The summed E-state index contributed by atoms with van der Waals surface area (Å²) >= 11 is 0. The third-order valence-electron chi connectivity index (χ3n) is 12.9. The van der Waals surface area contributed by atoms with Crippen LogP contribution in [0.15, 0.2) is 54.1 Å². The number of rotatable bonds is 11. The van der Waals surface area contributed by atoms with Crippen molar-refractivity contribution in [2.75, 3.05) is 6.61 Å². The van der Waals surface area contributed by atoms with Crippen molar-refractivity contribution in [1.29, 1.82) is 0 Å². The van der Waals surface area contributed by atoms with Gasteiger partial charge in [0.2, 0.25) is 0 Å². The number of carbonyl (C=O) groups is 4. The van der Waals surface area contributed by atoms with Crippen molar-refractivity contribution in [2.45, 2.75) is 155 Å². The monoisotopic (exact) mass is 811 g/mol. The van der Waals surface area contributed by atoms with E-state index in [1.807, 2.05) is 20.8 Å². The average molecular weight is 812 g/mol. The zero-order valence-corrected chi connectivity index (χ0v) is 35.3. The number of alkyl carbamates (subject to hydrolysis) is 1. The summed E-state index contributed by atoms with van der Waals surface area (Å²) in [6.45, 7) is 21.4. The van der Waals surface area contributed by atoms with Crippen LogP contribution in [0.4, 0.5) is 4.79 Å². The van der Waals surface area contributed by atoms with Gasteiger partial charge in [-0.25, -0.2) is 14.4 Å². The molecule has 3 N–H and O–H groups in total. The van der Waals surface area contributed by atoms with Gasteiger partial charge >= 0.3 is 24.0 Å². The molecule has 1 amide bonds. The molecule has 2 saturated heterocycles. The lowest BCUT2D eigenvalue weighted by atomic mass is 9.51. The van der Waals surface area contributed by atoms with Gasteiger partial charge in [-0.05, 0) is 83.2 Å². The summed E-state index contributed by atoms with van der Waals surface area (Å²) < 4.78 is 44.1. The number of aliphatic hydroxyl groups excluding tert-OH is 1. The molecule has 0 aromatic heterocycles. The SMILES string of the molecule is C=C[C@@H]1O[C@H]2C[C@H]3OC[C@H]3[C@H]3[C@H](OC(=O)c4ccccc4)C4(C(C)(C)O)C[C@H](OC(=O)[C@H](O)[C@H](CC(C)C)NC(=O)OC(C)(C)C)C(C)=C4[C@H](OC(C)=O)[C@H](O1)[C@@]32C. The molecule has 14 nitrogen and oxygen atoms in total. The summed E-state index contributed by atoms with van der Waals surface area (Å²) in [7, 11) is 0. The maximum Gasteiger partial charge on any atom is 0.407 e. The Hall–Kier alpha value is -3.82. The largest absolute Gasteiger partial charge is 0.457 e.